The van der Waals surface area contributed by atoms with Crippen LogP contribution in [0.2, 0.25) is 0 Å². The van der Waals surface area contributed by atoms with Crippen molar-refractivity contribution in [1.82, 2.24) is 10.1 Å². The average Bonchev–Trinajstić information content (AvgIpc) is 2.75. The lowest BCUT2D eigenvalue weighted by Gasteiger charge is -2.18. The summed E-state index contributed by atoms with van der Waals surface area (Å²) < 4.78 is 4.94. The van der Waals surface area contributed by atoms with E-state index in [1.807, 2.05) is 4.90 Å². The van der Waals surface area contributed by atoms with Crippen molar-refractivity contribution in [3.8, 4) is 0 Å². The quantitative estimate of drug-likeness (QED) is 0.771. The number of carbonyl (C=O) groups is 1. The molecular weight excluding hydrogens is 184 g/mol. The van der Waals surface area contributed by atoms with E-state index in [0.29, 0.717) is 6.54 Å². The molecule has 0 bridgehead atoms. The van der Waals surface area contributed by atoms with E-state index in [4.69, 9.17) is 9.63 Å². The third kappa shape index (κ3) is 1.77. The molecule has 1 N–H and O–H groups in total. The van der Waals surface area contributed by atoms with Crippen LogP contribution in [0.4, 0.5) is 0 Å². The SMILES string of the molecule is O=C(O)[C@H]1CCCN1Cc1ccno1. The summed E-state index contributed by atoms with van der Waals surface area (Å²) in [6.07, 6.45) is 3.23. The number of likely N-dealkylation sites (tertiary alicyclic amines) is 1. The highest BCUT2D eigenvalue weighted by atomic mass is 16.5. The van der Waals surface area contributed by atoms with E-state index in [0.717, 1.165) is 25.1 Å². The molecule has 1 fully saturated rings. The standard InChI is InChI=1S/C9H12N2O3/c12-9(13)8-2-1-5-11(8)6-7-3-4-10-14-7/h3-4,8H,1-2,5-6H2,(H,12,13)/t8-/m1/s1. The predicted octanol–water partition coefficient (Wildman–Crippen LogP) is 0.724. The number of nitrogens with zero attached hydrogens (tertiary/aromatic N) is 2. The first kappa shape index (κ1) is 9.21. The van der Waals surface area contributed by atoms with E-state index >= 15 is 0 Å². The first-order chi connectivity index (χ1) is 6.77. The third-order valence-corrected chi connectivity index (χ3v) is 2.50. The van der Waals surface area contributed by atoms with Crippen LogP contribution in [0.15, 0.2) is 16.8 Å². The maximum absolute atomic E-state index is 10.9. The number of aromatic nitrogens is 1. The van der Waals surface area contributed by atoms with E-state index in [2.05, 4.69) is 5.16 Å². The Morgan fingerprint density at radius 2 is 2.64 bits per heavy atom. The highest BCUT2D eigenvalue weighted by Crippen LogP contribution is 2.19. The molecule has 0 aliphatic carbocycles. The molecule has 0 amide bonds. The molecule has 0 aromatic carbocycles. The molecule has 2 heterocycles. The van der Waals surface area contributed by atoms with Crippen LogP contribution in [0.3, 0.4) is 0 Å². The summed E-state index contributed by atoms with van der Waals surface area (Å²) in [7, 11) is 0. The van der Waals surface area contributed by atoms with Crippen molar-refractivity contribution in [3.05, 3.63) is 18.0 Å². The van der Waals surface area contributed by atoms with Gasteiger partial charge in [-0.05, 0) is 19.4 Å². The summed E-state index contributed by atoms with van der Waals surface area (Å²) in [6.45, 7) is 1.36. The van der Waals surface area contributed by atoms with Crippen molar-refractivity contribution in [2.75, 3.05) is 6.54 Å². The molecule has 1 aromatic rings. The van der Waals surface area contributed by atoms with Crippen molar-refractivity contribution in [2.45, 2.75) is 25.4 Å². The van der Waals surface area contributed by atoms with Gasteiger partial charge in [0.05, 0.1) is 12.7 Å². The number of hydrogen-bond donors (Lipinski definition) is 1. The molecule has 14 heavy (non-hydrogen) atoms. The second-order valence-corrected chi connectivity index (χ2v) is 3.45. The van der Waals surface area contributed by atoms with Gasteiger partial charge in [0.2, 0.25) is 0 Å². The average molecular weight is 196 g/mol. The molecule has 1 saturated heterocycles. The molecule has 1 aliphatic heterocycles. The Kier molecular flexibility index (Phi) is 2.49. The van der Waals surface area contributed by atoms with Crippen LogP contribution in [-0.4, -0.2) is 33.7 Å². The Morgan fingerprint density at radius 3 is 3.29 bits per heavy atom. The van der Waals surface area contributed by atoms with E-state index in [1.54, 1.807) is 12.3 Å². The number of carboxylic acids is 1. The second kappa shape index (κ2) is 3.79. The van der Waals surface area contributed by atoms with Gasteiger partial charge in [-0.2, -0.15) is 0 Å². The molecule has 1 aliphatic rings. The summed E-state index contributed by atoms with van der Waals surface area (Å²) in [5.41, 5.74) is 0. The fraction of sp³-hybridized carbons (Fsp3) is 0.556. The van der Waals surface area contributed by atoms with Gasteiger partial charge >= 0.3 is 5.97 Å². The largest absolute Gasteiger partial charge is 0.480 e. The maximum atomic E-state index is 10.9. The van der Waals surface area contributed by atoms with E-state index in [1.165, 1.54) is 0 Å². The molecule has 5 nitrogen and oxygen atoms in total. The lowest BCUT2D eigenvalue weighted by molar-refractivity contribution is -0.142. The Balaban J connectivity index is 2.00. The smallest absolute Gasteiger partial charge is 0.320 e. The first-order valence-electron chi connectivity index (χ1n) is 4.64. The zero-order valence-electron chi connectivity index (χ0n) is 7.72. The van der Waals surface area contributed by atoms with Gasteiger partial charge in [-0.3, -0.25) is 9.69 Å². The highest BCUT2D eigenvalue weighted by molar-refractivity contribution is 5.73. The lowest BCUT2D eigenvalue weighted by Crippen LogP contribution is -2.35. The van der Waals surface area contributed by atoms with Gasteiger partial charge in [0, 0.05) is 6.07 Å². The number of carboxylic acid groups (broad SMARTS) is 1. The molecule has 0 saturated carbocycles. The van der Waals surface area contributed by atoms with Gasteiger partial charge in [0.1, 0.15) is 6.04 Å². The van der Waals surface area contributed by atoms with Crippen LogP contribution in [0.5, 0.6) is 0 Å². The normalized spacial score (nSPS) is 22.7. The Morgan fingerprint density at radius 1 is 1.79 bits per heavy atom. The van der Waals surface area contributed by atoms with Crippen LogP contribution in [0.1, 0.15) is 18.6 Å². The second-order valence-electron chi connectivity index (χ2n) is 3.45. The van der Waals surface area contributed by atoms with Gasteiger partial charge < -0.3 is 9.63 Å². The molecular formula is C9H12N2O3. The topological polar surface area (TPSA) is 66.6 Å². The number of rotatable bonds is 3. The summed E-state index contributed by atoms with van der Waals surface area (Å²) in [5.74, 6) is -0.0276. The van der Waals surface area contributed by atoms with Crippen LogP contribution in [-0.2, 0) is 11.3 Å². The van der Waals surface area contributed by atoms with Crippen LogP contribution in [0.25, 0.3) is 0 Å². The summed E-state index contributed by atoms with van der Waals surface area (Å²) in [5, 5.41) is 12.5. The fourth-order valence-corrected chi connectivity index (χ4v) is 1.82. The van der Waals surface area contributed by atoms with E-state index < -0.39 is 5.97 Å². The fourth-order valence-electron chi connectivity index (χ4n) is 1.82. The maximum Gasteiger partial charge on any atom is 0.320 e. The van der Waals surface area contributed by atoms with Crippen molar-refractivity contribution < 1.29 is 14.4 Å². The van der Waals surface area contributed by atoms with E-state index in [9.17, 15) is 4.79 Å². The van der Waals surface area contributed by atoms with Gasteiger partial charge in [-0.1, -0.05) is 5.16 Å². The lowest BCUT2D eigenvalue weighted by atomic mass is 10.2. The zero-order chi connectivity index (χ0) is 9.97. The van der Waals surface area contributed by atoms with Crippen LogP contribution < -0.4 is 0 Å². The first-order valence-corrected chi connectivity index (χ1v) is 4.64. The van der Waals surface area contributed by atoms with Gasteiger partial charge in [0.15, 0.2) is 5.76 Å². The van der Waals surface area contributed by atoms with Crippen molar-refractivity contribution in [1.29, 1.82) is 0 Å². The van der Waals surface area contributed by atoms with Crippen molar-refractivity contribution >= 4 is 5.97 Å². The predicted molar refractivity (Wildman–Crippen MR) is 47.6 cm³/mol. The third-order valence-electron chi connectivity index (χ3n) is 2.50. The minimum absolute atomic E-state index is 0.361. The molecule has 0 spiro atoms. The monoisotopic (exact) mass is 196 g/mol. The molecule has 0 radical (unpaired) electrons. The number of hydrogen-bond acceptors (Lipinski definition) is 4. The molecule has 2 rings (SSSR count). The zero-order valence-corrected chi connectivity index (χ0v) is 7.72. The van der Waals surface area contributed by atoms with Crippen molar-refractivity contribution in [3.63, 3.8) is 0 Å². The van der Waals surface area contributed by atoms with E-state index in [-0.39, 0.29) is 6.04 Å². The Hall–Kier alpha value is -1.36. The Labute approximate surface area is 81.3 Å². The Bertz CT molecular complexity index is 310. The minimum Gasteiger partial charge on any atom is -0.480 e. The van der Waals surface area contributed by atoms with Crippen LogP contribution >= 0.6 is 0 Å². The summed E-state index contributed by atoms with van der Waals surface area (Å²) in [6, 6.07) is 1.40. The summed E-state index contributed by atoms with van der Waals surface area (Å²) >= 11 is 0. The van der Waals surface area contributed by atoms with Gasteiger partial charge in [-0.15, -0.1) is 0 Å². The molecule has 1 atom stereocenters. The molecule has 1 aromatic heterocycles. The molecule has 5 heteroatoms. The van der Waals surface area contributed by atoms with Crippen LogP contribution in [0, 0.1) is 0 Å². The highest BCUT2D eigenvalue weighted by Gasteiger charge is 2.30. The minimum atomic E-state index is -0.748. The van der Waals surface area contributed by atoms with Gasteiger partial charge in [-0.25, -0.2) is 0 Å². The molecule has 0 unspecified atom stereocenters. The summed E-state index contributed by atoms with van der Waals surface area (Å²) in [4.78, 5) is 12.8. The van der Waals surface area contributed by atoms with Gasteiger partial charge in [0.25, 0.3) is 0 Å². The van der Waals surface area contributed by atoms with Crippen molar-refractivity contribution in [2.24, 2.45) is 0 Å². The number of aliphatic carboxylic acids is 1. The molecule has 76 valence electrons.